The third-order valence-electron chi connectivity index (χ3n) is 5.31. The van der Waals surface area contributed by atoms with Gasteiger partial charge in [0.2, 0.25) is 0 Å². The molecule has 8 heteroatoms. The molecule has 4 aromatic rings. The monoisotopic (exact) mass is 444 g/mol. The summed E-state index contributed by atoms with van der Waals surface area (Å²) in [7, 11) is 0. The fourth-order valence-electron chi connectivity index (χ4n) is 3.50. The number of amides is 2. The normalized spacial score (nSPS) is 13.1. The highest BCUT2D eigenvalue weighted by atomic mass is 32.1. The van der Waals surface area contributed by atoms with Gasteiger partial charge in [-0.1, -0.05) is 48.5 Å². The van der Waals surface area contributed by atoms with E-state index in [1.165, 1.54) is 16.0 Å². The molecule has 0 atom stereocenters. The standard InChI is InChI=1S/C24H20N4O3S/c29-21(25-16-10-11-16)19-12-13-32-23(19)26-22(30)20-17-8-4-5-9-18(17)24(31)28(27-20)14-15-6-2-1-3-7-15/h1-9,12-13,16H,10-11,14H2,(H,25,29)(H,26,30). The van der Waals surface area contributed by atoms with Crippen LogP contribution < -0.4 is 16.2 Å². The lowest BCUT2D eigenvalue weighted by atomic mass is 10.1. The molecule has 0 saturated heterocycles. The van der Waals surface area contributed by atoms with Crippen LogP contribution in [0.15, 0.2) is 70.8 Å². The van der Waals surface area contributed by atoms with E-state index in [2.05, 4.69) is 15.7 Å². The smallest absolute Gasteiger partial charge is 0.277 e. The first-order valence-electron chi connectivity index (χ1n) is 10.3. The van der Waals surface area contributed by atoms with Crippen molar-refractivity contribution in [3.05, 3.63) is 93.2 Å². The van der Waals surface area contributed by atoms with Gasteiger partial charge in [-0.2, -0.15) is 5.10 Å². The Balaban J connectivity index is 1.50. The van der Waals surface area contributed by atoms with Gasteiger partial charge < -0.3 is 10.6 Å². The molecule has 0 aliphatic heterocycles. The first kappa shape index (κ1) is 20.1. The zero-order valence-corrected chi connectivity index (χ0v) is 17.9. The molecule has 0 radical (unpaired) electrons. The summed E-state index contributed by atoms with van der Waals surface area (Å²) in [6.07, 6.45) is 1.97. The maximum absolute atomic E-state index is 13.2. The van der Waals surface area contributed by atoms with E-state index in [4.69, 9.17) is 0 Å². The van der Waals surface area contributed by atoms with Crippen LogP contribution in [0, 0.1) is 0 Å². The molecule has 2 aromatic heterocycles. The van der Waals surface area contributed by atoms with Gasteiger partial charge in [-0.15, -0.1) is 11.3 Å². The molecule has 2 heterocycles. The predicted molar refractivity (Wildman–Crippen MR) is 124 cm³/mol. The Morgan fingerprint density at radius 2 is 1.69 bits per heavy atom. The average Bonchev–Trinajstić information content (AvgIpc) is 3.50. The lowest BCUT2D eigenvalue weighted by Gasteiger charge is -2.12. The summed E-state index contributed by atoms with van der Waals surface area (Å²) >= 11 is 1.27. The van der Waals surface area contributed by atoms with Crippen molar-refractivity contribution < 1.29 is 9.59 Å². The minimum Gasteiger partial charge on any atom is -0.349 e. The quantitative estimate of drug-likeness (QED) is 0.475. The maximum Gasteiger partial charge on any atom is 0.277 e. The number of hydrogen-bond donors (Lipinski definition) is 2. The number of nitrogens with one attached hydrogen (secondary N) is 2. The van der Waals surface area contributed by atoms with Crippen molar-refractivity contribution >= 4 is 38.9 Å². The fourth-order valence-corrected chi connectivity index (χ4v) is 4.28. The van der Waals surface area contributed by atoms with Crippen LogP contribution in [-0.2, 0) is 6.54 Å². The Morgan fingerprint density at radius 1 is 0.969 bits per heavy atom. The summed E-state index contributed by atoms with van der Waals surface area (Å²) in [5, 5.41) is 13.3. The summed E-state index contributed by atoms with van der Waals surface area (Å²) in [4.78, 5) is 38.7. The largest absolute Gasteiger partial charge is 0.349 e. The van der Waals surface area contributed by atoms with E-state index in [1.807, 2.05) is 30.3 Å². The summed E-state index contributed by atoms with van der Waals surface area (Å²) in [5.74, 6) is -0.665. The minimum atomic E-state index is -0.467. The number of nitrogens with zero attached hydrogens (tertiary/aromatic N) is 2. The first-order valence-corrected chi connectivity index (χ1v) is 11.2. The lowest BCUT2D eigenvalue weighted by Crippen LogP contribution is -2.29. The van der Waals surface area contributed by atoms with Crippen LogP contribution in [0.2, 0.25) is 0 Å². The molecule has 0 unspecified atom stereocenters. The summed E-state index contributed by atoms with van der Waals surface area (Å²) in [6.45, 7) is 0.249. The van der Waals surface area contributed by atoms with E-state index in [-0.39, 0.29) is 29.7 Å². The summed E-state index contributed by atoms with van der Waals surface area (Å²) < 4.78 is 1.31. The van der Waals surface area contributed by atoms with Crippen LogP contribution in [0.1, 0.15) is 39.3 Å². The number of benzene rings is 2. The average molecular weight is 445 g/mol. The molecule has 1 aliphatic carbocycles. The van der Waals surface area contributed by atoms with Gasteiger partial charge in [-0.3, -0.25) is 14.4 Å². The molecule has 1 fully saturated rings. The van der Waals surface area contributed by atoms with E-state index < -0.39 is 5.91 Å². The van der Waals surface area contributed by atoms with Gasteiger partial charge in [0.25, 0.3) is 17.4 Å². The second kappa shape index (κ2) is 8.39. The number of anilines is 1. The highest BCUT2D eigenvalue weighted by Gasteiger charge is 2.26. The number of aromatic nitrogens is 2. The molecule has 5 rings (SSSR count). The zero-order chi connectivity index (χ0) is 22.1. The molecule has 0 bridgehead atoms. The van der Waals surface area contributed by atoms with Crippen molar-refractivity contribution in [2.24, 2.45) is 0 Å². The molecule has 2 aromatic carbocycles. The van der Waals surface area contributed by atoms with Crippen molar-refractivity contribution in [2.45, 2.75) is 25.4 Å². The third-order valence-corrected chi connectivity index (χ3v) is 6.14. The number of thiophene rings is 1. The van der Waals surface area contributed by atoms with Gasteiger partial charge in [0.15, 0.2) is 5.69 Å². The minimum absolute atomic E-state index is 0.137. The zero-order valence-electron chi connectivity index (χ0n) is 17.1. The van der Waals surface area contributed by atoms with Crippen molar-refractivity contribution in [1.82, 2.24) is 15.1 Å². The van der Waals surface area contributed by atoms with Gasteiger partial charge in [-0.05, 0) is 35.9 Å². The van der Waals surface area contributed by atoms with E-state index in [9.17, 15) is 14.4 Å². The van der Waals surface area contributed by atoms with E-state index in [0.29, 0.717) is 21.3 Å². The number of rotatable bonds is 6. The molecule has 2 N–H and O–H groups in total. The van der Waals surface area contributed by atoms with Crippen LogP contribution in [-0.4, -0.2) is 27.6 Å². The van der Waals surface area contributed by atoms with Gasteiger partial charge >= 0.3 is 0 Å². The van der Waals surface area contributed by atoms with Crippen LogP contribution in [0.5, 0.6) is 0 Å². The van der Waals surface area contributed by atoms with Crippen LogP contribution in [0.4, 0.5) is 5.00 Å². The van der Waals surface area contributed by atoms with E-state index in [0.717, 1.165) is 18.4 Å². The molecule has 1 aliphatic rings. The molecule has 160 valence electrons. The van der Waals surface area contributed by atoms with E-state index in [1.54, 1.807) is 35.7 Å². The Bertz CT molecular complexity index is 1370. The number of fused-ring (bicyclic) bond motifs is 1. The Kier molecular flexibility index (Phi) is 5.28. The van der Waals surface area contributed by atoms with Crippen molar-refractivity contribution in [3.8, 4) is 0 Å². The Hall–Kier alpha value is -3.78. The SMILES string of the molecule is O=C(NC1CC1)c1ccsc1NC(=O)c1nn(Cc2ccccc2)c(=O)c2ccccc12. The Morgan fingerprint density at radius 3 is 2.44 bits per heavy atom. The highest BCUT2D eigenvalue weighted by molar-refractivity contribution is 7.14. The van der Waals surface area contributed by atoms with Gasteiger partial charge in [0.05, 0.1) is 17.5 Å². The van der Waals surface area contributed by atoms with Crippen molar-refractivity contribution in [3.63, 3.8) is 0 Å². The number of hydrogen-bond acceptors (Lipinski definition) is 5. The Labute approximate surface area is 187 Å². The van der Waals surface area contributed by atoms with Gasteiger partial charge in [0, 0.05) is 11.4 Å². The molecule has 1 saturated carbocycles. The first-order chi connectivity index (χ1) is 15.6. The molecule has 0 spiro atoms. The predicted octanol–water partition coefficient (Wildman–Crippen LogP) is 3.65. The number of carbonyl (C=O) groups excluding carboxylic acids is 2. The molecule has 7 nitrogen and oxygen atoms in total. The highest BCUT2D eigenvalue weighted by Crippen LogP contribution is 2.26. The molecular weight excluding hydrogens is 424 g/mol. The third kappa shape index (κ3) is 4.04. The molecule has 2 amide bonds. The number of carbonyl (C=O) groups is 2. The topological polar surface area (TPSA) is 93.1 Å². The second-order valence-corrected chi connectivity index (χ2v) is 8.62. The molecular formula is C24H20N4O3S. The second-order valence-electron chi connectivity index (χ2n) is 7.71. The van der Waals surface area contributed by atoms with Crippen LogP contribution in [0.25, 0.3) is 10.8 Å². The lowest BCUT2D eigenvalue weighted by molar-refractivity contribution is 0.0952. The summed E-state index contributed by atoms with van der Waals surface area (Å²) in [6, 6.07) is 18.3. The van der Waals surface area contributed by atoms with Crippen molar-refractivity contribution in [2.75, 3.05) is 5.32 Å². The van der Waals surface area contributed by atoms with Crippen LogP contribution >= 0.6 is 11.3 Å². The van der Waals surface area contributed by atoms with E-state index >= 15 is 0 Å². The van der Waals surface area contributed by atoms with Crippen molar-refractivity contribution in [1.29, 1.82) is 0 Å². The molecule has 32 heavy (non-hydrogen) atoms. The fraction of sp³-hybridized carbons (Fsp3) is 0.167. The summed E-state index contributed by atoms with van der Waals surface area (Å²) in [5.41, 5.74) is 1.21. The van der Waals surface area contributed by atoms with Gasteiger partial charge in [-0.25, -0.2) is 4.68 Å². The van der Waals surface area contributed by atoms with Crippen LogP contribution in [0.3, 0.4) is 0 Å². The van der Waals surface area contributed by atoms with Gasteiger partial charge in [0.1, 0.15) is 5.00 Å². The maximum atomic E-state index is 13.2.